The highest BCUT2D eigenvalue weighted by atomic mass is 32.2. The Bertz CT molecular complexity index is 1560. The molecule has 3 aromatic carbocycles. The van der Waals surface area contributed by atoms with Crippen LogP contribution in [0.3, 0.4) is 0 Å². The van der Waals surface area contributed by atoms with Gasteiger partial charge in [-0.25, -0.2) is 8.42 Å². The summed E-state index contributed by atoms with van der Waals surface area (Å²) in [5, 5.41) is 3.18. The van der Waals surface area contributed by atoms with Crippen molar-refractivity contribution in [3.63, 3.8) is 0 Å². The molecule has 0 saturated heterocycles. The number of nitrogens with zero attached hydrogens (tertiary/aromatic N) is 1. The molecule has 2 atom stereocenters. The lowest BCUT2D eigenvalue weighted by Gasteiger charge is -2.42. The van der Waals surface area contributed by atoms with Gasteiger partial charge in [-0.3, -0.25) is 9.10 Å². The van der Waals surface area contributed by atoms with E-state index in [1.54, 1.807) is 18.2 Å². The molecule has 1 amide bonds. The molecule has 0 bridgehead atoms. The number of amides is 1. The van der Waals surface area contributed by atoms with E-state index in [4.69, 9.17) is 14.2 Å². The number of hydrogen-bond donors (Lipinski definition) is 1. The molecule has 0 spiro atoms. The number of anilines is 1. The standard InChI is InChI=1S/C33H40N2O6S/c1-7-33(8-2)20-26(25-11-9-10-12-28(25)41-33)34-31(36)30-21-35(42(37,38)24-16-14-23(39-6)15-17-24)27-19-22(32(3,4)5)13-18-29(27)40-30/h9-19,26,30H,7-8,20-21H2,1-6H3,(H,34,36)/t26-,30+/m0/s1. The summed E-state index contributed by atoms with van der Waals surface area (Å²) in [6.07, 6.45) is 1.14. The molecule has 9 heteroatoms. The molecule has 2 heterocycles. The Morgan fingerprint density at radius 1 is 1.02 bits per heavy atom. The number of nitrogens with one attached hydrogen (secondary N) is 1. The van der Waals surface area contributed by atoms with Crippen molar-refractivity contribution in [2.24, 2.45) is 0 Å². The number of ether oxygens (including phenoxy) is 3. The minimum absolute atomic E-state index is 0.102. The third-order valence-corrected chi connectivity index (χ3v) is 10.2. The van der Waals surface area contributed by atoms with Crippen LogP contribution >= 0.6 is 0 Å². The number of sulfonamides is 1. The van der Waals surface area contributed by atoms with E-state index in [1.165, 1.54) is 23.5 Å². The second-order valence-electron chi connectivity index (χ2n) is 12.0. The van der Waals surface area contributed by atoms with E-state index in [0.717, 1.165) is 29.7 Å². The van der Waals surface area contributed by atoms with Crippen molar-refractivity contribution in [3.8, 4) is 17.2 Å². The quantitative estimate of drug-likeness (QED) is 0.354. The van der Waals surface area contributed by atoms with Crippen LogP contribution in [0.4, 0.5) is 5.69 Å². The molecule has 0 aromatic heterocycles. The Balaban J connectivity index is 1.50. The van der Waals surface area contributed by atoms with Gasteiger partial charge in [0.1, 0.15) is 22.8 Å². The van der Waals surface area contributed by atoms with Gasteiger partial charge in [0.05, 0.1) is 30.3 Å². The van der Waals surface area contributed by atoms with Gasteiger partial charge in [0, 0.05) is 12.0 Å². The summed E-state index contributed by atoms with van der Waals surface area (Å²) in [4.78, 5) is 14.0. The Kier molecular flexibility index (Phi) is 7.91. The molecule has 1 N–H and O–H groups in total. The zero-order valence-electron chi connectivity index (χ0n) is 25.1. The normalized spacial score (nSPS) is 19.5. The third kappa shape index (κ3) is 5.54. The number of para-hydroxylation sites is 1. The molecule has 42 heavy (non-hydrogen) atoms. The van der Waals surface area contributed by atoms with Crippen molar-refractivity contribution in [1.82, 2.24) is 5.32 Å². The lowest BCUT2D eigenvalue weighted by Crippen LogP contribution is -2.53. The summed E-state index contributed by atoms with van der Waals surface area (Å²) < 4.78 is 47.3. The van der Waals surface area contributed by atoms with E-state index in [-0.39, 0.29) is 28.8 Å². The second kappa shape index (κ2) is 11.2. The molecule has 8 nitrogen and oxygen atoms in total. The molecule has 2 aliphatic rings. The summed E-state index contributed by atoms with van der Waals surface area (Å²) in [6.45, 7) is 10.2. The molecule has 0 saturated carbocycles. The highest BCUT2D eigenvalue weighted by Crippen LogP contribution is 2.44. The minimum Gasteiger partial charge on any atom is -0.497 e. The largest absolute Gasteiger partial charge is 0.497 e. The lowest BCUT2D eigenvalue weighted by molar-refractivity contribution is -0.129. The summed E-state index contributed by atoms with van der Waals surface area (Å²) in [6, 6.07) is 19.2. The molecule has 3 aromatic rings. The van der Waals surface area contributed by atoms with Crippen molar-refractivity contribution < 1.29 is 27.4 Å². The third-order valence-electron chi connectivity index (χ3n) is 8.44. The molecule has 0 fully saturated rings. The van der Waals surface area contributed by atoms with E-state index in [9.17, 15) is 13.2 Å². The van der Waals surface area contributed by atoms with Crippen LogP contribution in [0.5, 0.6) is 17.2 Å². The fraction of sp³-hybridized carbons (Fsp3) is 0.424. The Hall–Kier alpha value is -3.72. The second-order valence-corrected chi connectivity index (χ2v) is 13.9. The number of benzene rings is 3. The molecular weight excluding hydrogens is 552 g/mol. The predicted molar refractivity (Wildman–Crippen MR) is 163 cm³/mol. The summed E-state index contributed by atoms with van der Waals surface area (Å²) in [5.41, 5.74) is 1.64. The highest BCUT2D eigenvalue weighted by Gasteiger charge is 2.42. The van der Waals surface area contributed by atoms with Crippen LogP contribution in [0.15, 0.2) is 71.6 Å². The van der Waals surface area contributed by atoms with E-state index < -0.39 is 21.7 Å². The number of carbonyl (C=O) groups is 1. The maximum atomic E-state index is 14.1. The number of rotatable bonds is 7. The van der Waals surface area contributed by atoms with Gasteiger partial charge >= 0.3 is 0 Å². The molecule has 224 valence electrons. The zero-order chi connectivity index (χ0) is 30.3. The van der Waals surface area contributed by atoms with E-state index in [0.29, 0.717) is 23.6 Å². The van der Waals surface area contributed by atoms with Gasteiger partial charge in [-0.1, -0.05) is 58.9 Å². The SMILES string of the molecule is CCC1(CC)C[C@H](NC(=O)[C@H]2CN(S(=O)(=O)c3ccc(OC)cc3)c3cc(C(C)(C)C)ccc3O2)c2ccccc2O1. The average Bonchev–Trinajstić information content (AvgIpc) is 2.99. The molecule has 0 unspecified atom stereocenters. The van der Waals surface area contributed by atoms with Crippen LogP contribution in [-0.4, -0.2) is 39.7 Å². The minimum atomic E-state index is -4.04. The van der Waals surface area contributed by atoms with Crippen molar-refractivity contribution >= 4 is 21.6 Å². The van der Waals surface area contributed by atoms with E-state index >= 15 is 0 Å². The summed E-state index contributed by atoms with van der Waals surface area (Å²) >= 11 is 0. The maximum absolute atomic E-state index is 14.1. The Morgan fingerprint density at radius 2 is 1.71 bits per heavy atom. The first-order valence-corrected chi connectivity index (χ1v) is 15.9. The predicted octanol–water partition coefficient (Wildman–Crippen LogP) is 6.15. The molecule has 0 radical (unpaired) electrons. The van der Waals surface area contributed by atoms with Crippen molar-refractivity contribution in [1.29, 1.82) is 0 Å². The van der Waals surface area contributed by atoms with Crippen LogP contribution in [-0.2, 0) is 20.2 Å². The van der Waals surface area contributed by atoms with Gasteiger partial charge in [0.15, 0.2) is 6.10 Å². The maximum Gasteiger partial charge on any atom is 0.264 e. The van der Waals surface area contributed by atoms with Gasteiger partial charge in [-0.2, -0.15) is 0 Å². The Morgan fingerprint density at radius 3 is 2.36 bits per heavy atom. The van der Waals surface area contributed by atoms with E-state index in [2.05, 4.69) is 39.9 Å². The van der Waals surface area contributed by atoms with Crippen LogP contribution in [0, 0.1) is 0 Å². The molecule has 5 rings (SSSR count). The van der Waals surface area contributed by atoms with Crippen LogP contribution in [0.1, 0.15) is 71.0 Å². The van der Waals surface area contributed by atoms with Crippen LogP contribution in [0.2, 0.25) is 0 Å². The highest BCUT2D eigenvalue weighted by molar-refractivity contribution is 7.92. The summed E-state index contributed by atoms with van der Waals surface area (Å²) in [7, 11) is -2.51. The average molecular weight is 593 g/mol. The number of hydrogen-bond acceptors (Lipinski definition) is 6. The van der Waals surface area contributed by atoms with Gasteiger partial charge in [-0.05, 0) is 66.3 Å². The van der Waals surface area contributed by atoms with Gasteiger partial charge in [-0.15, -0.1) is 0 Å². The van der Waals surface area contributed by atoms with Crippen LogP contribution in [0.25, 0.3) is 0 Å². The fourth-order valence-corrected chi connectivity index (χ4v) is 7.12. The van der Waals surface area contributed by atoms with Gasteiger partial charge in [0.25, 0.3) is 15.9 Å². The molecule has 2 aliphatic heterocycles. The van der Waals surface area contributed by atoms with Gasteiger partial charge < -0.3 is 19.5 Å². The monoisotopic (exact) mass is 592 g/mol. The molecule has 0 aliphatic carbocycles. The topological polar surface area (TPSA) is 94.2 Å². The zero-order valence-corrected chi connectivity index (χ0v) is 26.0. The smallest absolute Gasteiger partial charge is 0.264 e. The Labute approximate surface area is 249 Å². The number of fused-ring (bicyclic) bond motifs is 2. The summed E-state index contributed by atoms with van der Waals surface area (Å²) in [5.74, 6) is 1.27. The van der Waals surface area contributed by atoms with Crippen molar-refractivity contribution in [3.05, 3.63) is 77.9 Å². The van der Waals surface area contributed by atoms with Crippen molar-refractivity contribution in [2.75, 3.05) is 18.0 Å². The fourth-order valence-electron chi connectivity index (χ4n) is 5.65. The first kappa shape index (κ1) is 29.8. The number of methoxy groups -OCH3 is 1. The lowest BCUT2D eigenvalue weighted by atomic mass is 9.83. The first-order valence-electron chi connectivity index (χ1n) is 14.5. The first-order chi connectivity index (χ1) is 19.9. The van der Waals surface area contributed by atoms with Crippen LogP contribution < -0.4 is 23.8 Å². The van der Waals surface area contributed by atoms with E-state index in [1.807, 2.05) is 36.4 Å². The van der Waals surface area contributed by atoms with Crippen molar-refractivity contribution in [2.45, 2.75) is 81.9 Å². The molecular formula is C33H40N2O6S. The van der Waals surface area contributed by atoms with Gasteiger partial charge in [0.2, 0.25) is 0 Å². The number of carbonyl (C=O) groups excluding carboxylic acids is 1.